The summed E-state index contributed by atoms with van der Waals surface area (Å²) in [5, 5.41) is 32.5. The number of hydrogen-bond acceptors (Lipinski definition) is 9. The predicted molar refractivity (Wildman–Crippen MR) is 178 cm³/mol. The average Bonchev–Trinajstić information content (AvgIpc) is 3.71. The maximum atomic E-state index is 11.5. The molecule has 0 radical (unpaired) electrons. The van der Waals surface area contributed by atoms with Gasteiger partial charge in [0.05, 0.1) is 11.9 Å². The van der Waals surface area contributed by atoms with Crippen LogP contribution in [0.3, 0.4) is 0 Å². The number of anilines is 1. The molecule has 0 spiro atoms. The van der Waals surface area contributed by atoms with Crippen molar-refractivity contribution < 1.29 is 19.4 Å². The monoisotopic (exact) mass is 647 g/mol. The van der Waals surface area contributed by atoms with Crippen molar-refractivity contribution >= 4 is 31.0 Å². The van der Waals surface area contributed by atoms with Crippen molar-refractivity contribution in [1.29, 1.82) is 0 Å². The maximum Gasteiger partial charge on any atom is 0.407 e. The molecule has 1 N–H and O–H groups in total. The quantitative estimate of drug-likeness (QED) is 0.168. The summed E-state index contributed by atoms with van der Waals surface area (Å²) in [6.07, 6.45) is 7.62. The number of aromatic nitrogens is 7. The van der Waals surface area contributed by atoms with Gasteiger partial charge in [-0.25, -0.2) is 14.2 Å². The Balaban J connectivity index is 1.29. The second-order valence-electron chi connectivity index (χ2n) is 13.7. The highest BCUT2D eigenvalue weighted by Gasteiger charge is 2.31. The van der Waals surface area contributed by atoms with E-state index < -0.39 is 14.2 Å². The van der Waals surface area contributed by atoms with E-state index in [1.807, 2.05) is 60.0 Å². The van der Waals surface area contributed by atoms with Gasteiger partial charge in [0, 0.05) is 69.9 Å². The molecule has 2 aliphatic rings. The largest absolute Gasteiger partial charge is 0.465 e. The van der Waals surface area contributed by atoms with E-state index in [1.165, 1.54) is 4.90 Å². The zero-order valence-electron chi connectivity index (χ0n) is 27.5. The van der Waals surface area contributed by atoms with E-state index in [2.05, 4.69) is 50.1 Å². The Labute approximate surface area is 270 Å². The van der Waals surface area contributed by atoms with Gasteiger partial charge in [0.25, 0.3) is 0 Å². The standard InChI is InChI=1S/C32H45N9O4Si/c1-22-18-24(13-14-39(22)32(42)43)38(2)28-12-11-27(34-35-28)26-10-9-25(23-19-33-40(20-23)29-8-6-7-15-45-29)30-31(26)41(37-36-30)21-44-16-17-46(3,4)5/h9-12,19-20,22,24,29H,6-8,13-18,21H2,1-5H3,(H,42,43). The van der Waals surface area contributed by atoms with Crippen molar-refractivity contribution in [2.75, 3.05) is 31.7 Å². The number of hydrogen-bond donors (Lipinski definition) is 1. The lowest BCUT2D eigenvalue weighted by molar-refractivity contribution is -0.0394. The summed E-state index contributed by atoms with van der Waals surface area (Å²) in [6, 6.07) is 9.23. The third-order valence-corrected chi connectivity index (χ3v) is 10.9. The molecule has 4 aromatic rings. The number of carbonyl (C=O) groups is 1. The van der Waals surface area contributed by atoms with Crippen molar-refractivity contribution in [2.45, 2.75) is 89.8 Å². The van der Waals surface area contributed by atoms with E-state index in [1.54, 1.807) is 0 Å². The van der Waals surface area contributed by atoms with Crippen LogP contribution in [0.15, 0.2) is 36.7 Å². The van der Waals surface area contributed by atoms with Gasteiger partial charge in [-0.2, -0.15) is 5.10 Å². The fraction of sp³-hybridized carbons (Fsp3) is 0.562. The number of nitrogens with zero attached hydrogens (tertiary/aromatic N) is 9. The number of amides is 1. The molecule has 0 bridgehead atoms. The Hall–Kier alpha value is -3.88. The summed E-state index contributed by atoms with van der Waals surface area (Å²) >= 11 is 0. The molecule has 0 saturated carbocycles. The first-order valence-corrected chi connectivity index (χ1v) is 20.0. The number of likely N-dealkylation sites (tertiary alicyclic amines) is 1. The molecule has 2 saturated heterocycles. The molecule has 3 aromatic heterocycles. The van der Waals surface area contributed by atoms with Gasteiger partial charge in [0.15, 0.2) is 5.82 Å². The van der Waals surface area contributed by atoms with E-state index in [-0.39, 0.29) is 25.0 Å². The first-order valence-electron chi connectivity index (χ1n) is 16.3. The zero-order chi connectivity index (χ0) is 32.4. The van der Waals surface area contributed by atoms with Crippen molar-refractivity contribution in [2.24, 2.45) is 0 Å². The Bertz CT molecular complexity index is 1650. The second-order valence-corrected chi connectivity index (χ2v) is 19.3. The first-order chi connectivity index (χ1) is 22.1. The lowest BCUT2D eigenvalue weighted by Gasteiger charge is -2.40. The van der Waals surface area contributed by atoms with E-state index in [0.29, 0.717) is 18.8 Å². The molecule has 6 rings (SSSR count). The summed E-state index contributed by atoms with van der Waals surface area (Å²) < 4.78 is 15.8. The van der Waals surface area contributed by atoms with Gasteiger partial charge in [-0.3, -0.25) is 0 Å². The third-order valence-electron chi connectivity index (χ3n) is 9.16. The van der Waals surface area contributed by atoms with Crippen LogP contribution in [0.25, 0.3) is 33.4 Å². The van der Waals surface area contributed by atoms with Gasteiger partial charge in [-0.15, -0.1) is 15.3 Å². The topological polar surface area (TPSA) is 137 Å². The Morgan fingerprint density at radius 3 is 2.63 bits per heavy atom. The molecule has 5 heterocycles. The normalized spacial score (nSPS) is 20.7. The minimum absolute atomic E-state index is 0.0486. The molecule has 246 valence electrons. The predicted octanol–water partition coefficient (Wildman–Crippen LogP) is 5.73. The summed E-state index contributed by atoms with van der Waals surface area (Å²) in [5.74, 6) is 0.747. The van der Waals surface area contributed by atoms with Gasteiger partial charge in [0.1, 0.15) is 24.0 Å². The second kappa shape index (κ2) is 13.5. The molecule has 3 unspecified atom stereocenters. The van der Waals surface area contributed by atoms with E-state index in [4.69, 9.17) is 9.47 Å². The lowest BCUT2D eigenvalue weighted by Crippen LogP contribution is -2.50. The van der Waals surface area contributed by atoms with Crippen LogP contribution in [0, 0.1) is 0 Å². The molecule has 2 aliphatic heterocycles. The highest BCUT2D eigenvalue weighted by molar-refractivity contribution is 6.76. The van der Waals surface area contributed by atoms with E-state index in [9.17, 15) is 9.90 Å². The number of rotatable bonds is 10. The van der Waals surface area contributed by atoms with E-state index in [0.717, 1.165) is 78.3 Å². The number of ether oxygens (including phenoxy) is 2. The van der Waals surface area contributed by atoms with Crippen LogP contribution in [-0.4, -0.2) is 98.0 Å². The van der Waals surface area contributed by atoms with E-state index >= 15 is 0 Å². The number of benzene rings is 1. The van der Waals surface area contributed by atoms with Crippen LogP contribution in [0.1, 0.15) is 45.3 Å². The van der Waals surface area contributed by atoms with Crippen LogP contribution in [0.4, 0.5) is 10.6 Å². The van der Waals surface area contributed by atoms with Gasteiger partial charge in [-0.05, 0) is 63.3 Å². The molecule has 2 fully saturated rings. The molecule has 14 heteroatoms. The molecule has 3 atom stereocenters. The average molecular weight is 648 g/mol. The molecular weight excluding hydrogens is 602 g/mol. The van der Waals surface area contributed by atoms with Crippen LogP contribution in [-0.2, 0) is 16.2 Å². The number of piperidine rings is 1. The SMILES string of the molecule is CC1CC(N(C)c2ccc(-c3ccc(-c4cnn(C5CCCCO5)c4)c4nnn(COCC[Si](C)(C)C)c34)nn2)CCN1C(=O)O. The highest BCUT2D eigenvalue weighted by Crippen LogP contribution is 2.35. The highest BCUT2D eigenvalue weighted by atomic mass is 28.3. The molecule has 0 aliphatic carbocycles. The third kappa shape index (κ3) is 6.93. The van der Waals surface area contributed by atoms with Gasteiger partial charge < -0.3 is 24.4 Å². The fourth-order valence-electron chi connectivity index (χ4n) is 6.34. The Kier molecular flexibility index (Phi) is 9.38. The van der Waals surface area contributed by atoms with Gasteiger partial charge in [0.2, 0.25) is 0 Å². The van der Waals surface area contributed by atoms with Crippen LogP contribution in [0.5, 0.6) is 0 Å². The number of carboxylic acid groups (broad SMARTS) is 1. The van der Waals surface area contributed by atoms with Gasteiger partial charge in [-0.1, -0.05) is 30.9 Å². The Morgan fingerprint density at radius 2 is 1.93 bits per heavy atom. The van der Waals surface area contributed by atoms with Crippen LogP contribution < -0.4 is 4.90 Å². The van der Waals surface area contributed by atoms with Crippen LogP contribution >= 0.6 is 0 Å². The summed E-state index contributed by atoms with van der Waals surface area (Å²) in [7, 11) is 0.758. The minimum atomic E-state index is -1.24. The van der Waals surface area contributed by atoms with Crippen molar-refractivity contribution in [3.8, 4) is 22.4 Å². The zero-order valence-corrected chi connectivity index (χ0v) is 28.5. The summed E-state index contributed by atoms with van der Waals surface area (Å²) in [5.41, 5.74) is 5.03. The lowest BCUT2D eigenvalue weighted by atomic mass is 9.97. The van der Waals surface area contributed by atoms with Crippen molar-refractivity contribution in [3.05, 3.63) is 36.7 Å². The fourth-order valence-corrected chi connectivity index (χ4v) is 7.10. The minimum Gasteiger partial charge on any atom is -0.465 e. The van der Waals surface area contributed by atoms with Crippen molar-refractivity contribution in [3.63, 3.8) is 0 Å². The maximum absolute atomic E-state index is 11.5. The summed E-state index contributed by atoms with van der Waals surface area (Å²) in [6.45, 7) is 11.2. The van der Waals surface area contributed by atoms with Crippen molar-refractivity contribution in [1.82, 2.24) is 39.9 Å². The van der Waals surface area contributed by atoms with Crippen LogP contribution in [0.2, 0.25) is 25.7 Å². The number of fused-ring (bicyclic) bond motifs is 1. The first kappa shape index (κ1) is 32.1. The Morgan fingerprint density at radius 1 is 1.11 bits per heavy atom. The molecule has 13 nitrogen and oxygen atoms in total. The molecule has 1 aromatic carbocycles. The molecular formula is C32H45N9O4Si. The molecule has 46 heavy (non-hydrogen) atoms. The smallest absolute Gasteiger partial charge is 0.407 e. The summed E-state index contributed by atoms with van der Waals surface area (Å²) in [4.78, 5) is 15.1. The molecule has 1 amide bonds. The van der Waals surface area contributed by atoms with Gasteiger partial charge >= 0.3 is 6.09 Å².